The van der Waals surface area contributed by atoms with Gasteiger partial charge in [-0.05, 0) is 24.3 Å². The van der Waals surface area contributed by atoms with E-state index in [9.17, 15) is 14.9 Å². The number of carbonyl (C=O) groups excluding carboxylic acids is 1. The Morgan fingerprint density at radius 2 is 1.93 bits per heavy atom. The van der Waals surface area contributed by atoms with Gasteiger partial charge in [-0.15, -0.1) is 0 Å². The number of non-ortho nitro benzene ring substituents is 1. The average Bonchev–Trinajstić information content (AvgIpc) is 2.68. The molecule has 27 heavy (non-hydrogen) atoms. The molecule has 0 bridgehead atoms. The van der Waals surface area contributed by atoms with Gasteiger partial charge in [0.05, 0.1) is 12.0 Å². The van der Waals surface area contributed by atoms with Gasteiger partial charge in [-0.1, -0.05) is 17.7 Å². The van der Waals surface area contributed by atoms with Gasteiger partial charge in [0.1, 0.15) is 5.75 Å². The Bertz CT molecular complexity index is 851. The van der Waals surface area contributed by atoms with E-state index < -0.39 is 4.92 Å². The highest BCUT2D eigenvalue weighted by Crippen LogP contribution is 2.24. The van der Waals surface area contributed by atoms with Gasteiger partial charge in [0.15, 0.2) is 0 Å². The molecule has 0 unspecified atom stereocenters. The normalized spacial score (nSPS) is 14.8. The molecule has 1 heterocycles. The van der Waals surface area contributed by atoms with Crippen molar-refractivity contribution in [1.82, 2.24) is 9.80 Å². The van der Waals surface area contributed by atoms with Crippen LogP contribution in [0.1, 0.15) is 15.9 Å². The Morgan fingerprint density at radius 3 is 2.59 bits per heavy atom. The van der Waals surface area contributed by atoms with E-state index in [0.29, 0.717) is 43.3 Å². The number of nitro benzene ring substituents is 1. The van der Waals surface area contributed by atoms with Crippen molar-refractivity contribution in [2.24, 2.45) is 0 Å². The summed E-state index contributed by atoms with van der Waals surface area (Å²) in [6, 6.07) is 11.4. The first kappa shape index (κ1) is 19.1. The number of piperazine rings is 1. The van der Waals surface area contributed by atoms with E-state index in [0.717, 1.165) is 11.3 Å². The lowest BCUT2D eigenvalue weighted by Gasteiger charge is -2.35. The molecule has 0 atom stereocenters. The van der Waals surface area contributed by atoms with E-state index in [1.165, 1.54) is 18.2 Å². The van der Waals surface area contributed by atoms with Gasteiger partial charge in [0, 0.05) is 61.0 Å². The summed E-state index contributed by atoms with van der Waals surface area (Å²) in [5.41, 5.74) is 1.27. The van der Waals surface area contributed by atoms with E-state index in [-0.39, 0.29) is 11.6 Å². The highest BCUT2D eigenvalue weighted by atomic mass is 35.5. The zero-order valence-electron chi connectivity index (χ0n) is 14.9. The summed E-state index contributed by atoms with van der Waals surface area (Å²) in [5, 5.41) is 11.6. The van der Waals surface area contributed by atoms with E-state index in [4.69, 9.17) is 16.3 Å². The van der Waals surface area contributed by atoms with E-state index in [2.05, 4.69) is 4.90 Å². The Labute approximate surface area is 162 Å². The molecule has 2 aromatic carbocycles. The smallest absolute Gasteiger partial charge is 0.270 e. The molecule has 0 aliphatic carbocycles. The number of ether oxygens (including phenoxy) is 1. The van der Waals surface area contributed by atoms with Crippen LogP contribution in [-0.4, -0.2) is 53.9 Å². The predicted molar refractivity (Wildman–Crippen MR) is 102 cm³/mol. The number of nitro groups is 1. The van der Waals surface area contributed by atoms with Crippen LogP contribution in [0.2, 0.25) is 5.02 Å². The van der Waals surface area contributed by atoms with E-state index >= 15 is 0 Å². The largest absolute Gasteiger partial charge is 0.496 e. The summed E-state index contributed by atoms with van der Waals surface area (Å²) in [5.74, 6) is 0.605. The molecular formula is C19H20ClN3O4. The molecule has 2 aromatic rings. The maximum Gasteiger partial charge on any atom is 0.270 e. The van der Waals surface area contributed by atoms with Crippen LogP contribution in [-0.2, 0) is 6.54 Å². The van der Waals surface area contributed by atoms with Crippen LogP contribution in [0, 0.1) is 10.1 Å². The molecule has 0 N–H and O–H groups in total. The molecule has 1 amide bonds. The van der Waals surface area contributed by atoms with Gasteiger partial charge < -0.3 is 9.64 Å². The number of hydrogen-bond donors (Lipinski definition) is 0. The summed E-state index contributed by atoms with van der Waals surface area (Å²) >= 11 is 6.08. The minimum atomic E-state index is -0.493. The third-order valence-electron chi connectivity index (χ3n) is 4.60. The minimum Gasteiger partial charge on any atom is -0.496 e. The van der Waals surface area contributed by atoms with Crippen LogP contribution in [0.25, 0.3) is 0 Å². The van der Waals surface area contributed by atoms with Crippen LogP contribution in [0.4, 0.5) is 5.69 Å². The summed E-state index contributed by atoms with van der Waals surface area (Å²) in [7, 11) is 1.63. The van der Waals surface area contributed by atoms with Crippen molar-refractivity contribution in [2.75, 3.05) is 33.3 Å². The summed E-state index contributed by atoms with van der Waals surface area (Å²) < 4.78 is 5.38. The molecular weight excluding hydrogens is 370 g/mol. The Balaban J connectivity index is 1.62. The second-order valence-electron chi connectivity index (χ2n) is 6.33. The number of amides is 1. The highest BCUT2D eigenvalue weighted by molar-refractivity contribution is 6.30. The van der Waals surface area contributed by atoms with Crippen molar-refractivity contribution < 1.29 is 14.5 Å². The van der Waals surface area contributed by atoms with Gasteiger partial charge in [-0.25, -0.2) is 0 Å². The van der Waals surface area contributed by atoms with E-state index in [1.807, 2.05) is 12.1 Å². The fraction of sp³-hybridized carbons (Fsp3) is 0.316. The monoisotopic (exact) mass is 389 g/mol. The maximum absolute atomic E-state index is 12.6. The van der Waals surface area contributed by atoms with Gasteiger partial charge in [0.25, 0.3) is 11.6 Å². The van der Waals surface area contributed by atoms with Crippen LogP contribution >= 0.6 is 11.6 Å². The SMILES string of the molecule is COc1ccc(Cl)cc1CN1CCN(C(=O)c2cccc([N+](=O)[O-])c2)CC1. The first-order valence-corrected chi connectivity index (χ1v) is 8.94. The van der Waals surface area contributed by atoms with Gasteiger partial charge in [-0.2, -0.15) is 0 Å². The fourth-order valence-corrected chi connectivity index (χ4v) is 3.35. The quantitative estimate of drug-likeness (QED) is 0.579. The molecule has 1 saturated heterocycles. The standard InChI is InChI=1S/C19H20ClN3O4/c1-27-18-6-5-16(20)11-15(18)13-21-7-9-22(10-8-21)19(24)14-3-2-4-17(12-14)23(25)26/h2-6,11-12H,7-10,13H2,1H3. The molecule has 1 aliphatic rings. The highest BCUT2D eigenvalue weighted by Gasteiger charge is 2.24. The Morgan fingerprint density at radius 1 is 1.19 bits per heavy atom. The topological polar surface area (TPSA) is 75.9 Å². The molecule has 1 aliphatic heterocycles. The molecule has 0 saturated carbocycles. The van der Waals surface area contributed by atoms with E-state index in [1.54, 1.807) is 24.1 Å². The molecule has 0 radical (unpaired) electrons. The van der Waals surface area contributed by atoms with Crippen molar-refractivity contribution >= 4 is 23.2 Å². The molecule has 7 nitrogen and oxygen atoms in total. The number of hydrogen-bond acceptors (Lipinski definition) is 5. The number of rotatable bonds is 5. The molecule has 8 heteroatoms. The Kier molecular flexibility index (Phi) is 5.93. The lowest BCUT2D eigenvalue weighted by molar-refractivity contribution is -0.384. The van der Waals surface area contributed by atoms with Gasteiger partial charge >= 0.3 is 0 Å². The second kappa shape index (κ2) is 8.37. The summed E-state index contributed by atoms with van der Waals surface area (Å²) in [4.78, 5) is 27.0. The van der Waals surface area contributed by atoms with Crippen LogP contribution in [0.5, 0.6) is 5.75 Å². The summed E-state index contributed by atoms with van der Waals surface area (Å²) in [6.07, 6.45) is 0. The van der Waals surface area contributed by atoms with Crippen molar-refractivity contribution in [3.8, 4) is 5.75 Å². The van der Waals surface area contributed by atoms with Crippen molar-refractivity contribution in [1.29, 1.82) is 0 Å². The zero-order valence-corrected chi connectivity index (χ0v) is 15.7. The second-order valence-corrected chi connectivity index (χ2v) is 6.77. The molecule has 142 valence electrons. The first-order valence-electron chi connectivity index (χ1n) is 8.56. The predicted octanol–water partition coefficient (Wildman–Crippen LogP) is 3.21. The van der Waals surface area contributed by atoms with Crippen molar-refractivity contribution in [3.05, 3.63) is 68.7 Å². The average molecular weight is 390 g/mol. The molecule has 1 fully saturated rings. The minimum absolute atomic E-state index is 0.0764. The Hall–Kier alpha value is -2.64. The number of benzene rings is 2. The van der Waals surface area contributed by atoms with Crippen molar-refractivity contribution in [2.45, 2.75) is 6.54 Å². The lowest BCUT2D eigenvalue weighted by Crippen LogP contribution is -2.48. The lowest BCUT2D eigenvalue weighted by atomic mass is 10.1. The van der Waals surface area contributed by atoms with Crippen LogP contribution < -0.4 is 4.74 Å². The maximum atomic E-state index is 12.6. The number of methoxy groups -OCH3 is 1. The third kappa shape index (κ3) is 4.56. The van der Waals surface area contributed by atoms with Crippen LogP contribution in [0.3, 0.4) is 0 Å². The molecule has 0 spiro atoms. The van der Waals surface area contributed by atoms with Crippen molar-refractivity contribution in [3.63, 3.8) is 0 Å². The number of carbonyl (C=O) groups is 1. The summed E-state index contributed by atoms with van der Waals surface area (Å²) in [6.45, 7) is 3.21. The first-order chi connectivity index (χ1) is 13.0. The number of halogens is 1. The molecule has 3 rings (SSSR count). The van der Waals surface area contributed by atoms with Crippen LogP contribution in [0.15, 0.2) is 42.5 Å². The number of nitrogens with zero attached hydrogens (tertiary/aromatic N) is 3. The van der Waals surface area contributed by atoms with Gasteiger partial charge in [0.2, 0.25) is 0 Å². The molecule has 0 aromatic heterocycles. The third-order valence-corrected chi connectivity index (χ3v) is 4.83. The zero-order chi connectivity index (χ0) is 19.4. The van der Waals surface area contributed by atoms with Gasteiger partial charge in [-0.3, -0.25) is 19.8 Å². The fourth-order valence-electron chi connectivity index (χ4n) is 3.16.